The van der Waals surface area contributed by atoms with Crippen LogP contribution in [0.15, 0.2) is 54.1 Å². The van der Waals surface area contributed by atoms with Gasteiger partial charge in [0.1, 0.15) is 11.9 Å². The number of aryl methyl sites for hydroxylation is 1. The Morgan fingerprint density at radius 1 is 1.03 bits per heavy atom. The van der Waals surface area contributed by atoms with Crippen LogP contribution in [0.4, 0.5) is 4.39 Å². The fourth-order valence-electron chi connectivity index (χ4n) is 3.80. The van der Waals surface area contributed by atoms with Crippen molar-refractivity contribution >= 4 is 0 Å². The monoisotopic (exact) mass is 385 g/mol. The van der Waals surface area contributed by atoms with Gasteiger partial charge in [-0.15, -0.1) is 0 Å². The standard InChI is InChI=1S/C27H28FN/c1-2-3-4-5-6-21-9-14-24(15-10-21)25-16-11-22(12-17-25)7-8-23-13-18-26(20-29)27(28)19-23/h9-11,13-15,18-19,25H,2-6,12,16-17H2,1H3. The SMILES string of the molecule is CCCCCCc1ccc(C2CC=C(C#Cc3ccc(C#N)c(F)c3)CC2)cc1. The zero-order valence-corrected chi connectivity index (χ0v) is 17.2. The van der Waals surface area contributed by atoms with E-state index in [1.54, 1.807) is 6.07 Å². The summed E-state index contributed by atoms with van der Waals surface area (Å²) in [5.41, 5.74) is 4.65. The topological polar surface area (TPSA) is 23.8 Å². The molecule has 1 unspecified atom stereocenters. The Morgan fingerprint density at radius 2 is 1.86 bits per heavy atom. The van der Waals surface area contributed by atoms with E-state index >= 15 is 0 Å². The molecule has 0 heterocycles. The molecule has 2 heteroatoms. The maximum absolute atomic E-state index is 13.7. The van der Waals surface area contributed by atoms with Gasteiger partial charge in [0.2, 0.25) is 0 Å². The highest BCUT2D eigenvalue weighted by Crippen LogP contribution is 2.32. The van der Waals surface area contributed by atoms with Crippen LogP contribution in [0, 0.1) is 29.0 Å². The van der Waals surface area contributed by atoms with E-state index in [2.05, 4.69) is 49.1 Å². The summed E-state index contributed by atoms with van der Waals surface area (Å²) >= 11 is 0. The summed E-state index contributed by atoms with van der Waals surface area (Å²) in [5.74, 6) is 6.26. The molecule has 0 bridgehead atoms. The van der Waals surface area contributed by atoms with Crippen LogP contribution in [0.5, 0.6) is 0 Å². The minimum atomic E-state index is -0.509. The van der Waals surface area contributed by atoms with Crippen molar-refractivity contribution in [2.45, 2.75) is 64.2 Å². The van der Waals surface area contributed by atoms with Crippen molar-refractivity contribution < 1.29 is 4.39 Å². The maximum Gasteiger partial charge on any atom is 0.142 e. The molecule has 2 aromatic rings. The molecule has 3 rings (SSSR count). The minimum absolute atomic E-state index is 0.0576. The molecular formula is C27H28FN. The van der Waals surface area contributed by atoms with Gasteiger partial charge in [-0.3, -0.25) is 0 Å². The van der Waals surface area contributed by atoms with E-state index in [1.807, 2.05) is 6.07 Å². The van der Waals surface area contributed by atoms with Gasteiger partial charge in [0.15, 0.2) is 0 Å². The van der Waals surface area contributed by atoms with Crippen LogP contribution >= 0.6 is 0 Å². The highest BCUT2D eigenvalue weighted by molar-refractivity contribution is 5.45. The number of halogens is 1. The average Bonchev–Trinajstić information content (AvgIpc) is 2.76. The van der Waals surface area contributed by atoms with Crippen LogP contribution in [-0.4, -0.2) is 0 Å². The van der Waals surface area contributed by atoms with Crippen LogP contribution in [0.25, 0.3) is 0 Å². The summed E-state index contributed by atoms with van der Waals surface area (Å²) in [6, 6.07) is 15.5. The van der Waals surface area contributed by atoms with Gasteiger partial charge in [-0.05, 0) is 72.9 Å². The van der Waals surface area contributed by atoms with Crippen molar-refractivity contribution in [2.75, 3.05) is 0 Å². The molecule has 0 aliphatic heterocycles. The fraction of sp³-hybridized carbons (Fsp3) is 0.370. The van der Waals surface area contributed by atoms with Gasteiger partial charge < -0.3 is 0 Å². The molecule has 0 radical (unpaired) electrons. The van der Waals surface area contributed by atoms with E-state index in [0.29, 0.717) is 11.5 Å². The summed E-state index contributed by atoms with van der Waals surface area (Å²) in [4.78, 5) is 0. The van der Waals surface area contributed by atoms with Crippen LogP contribution in [0.3, 0.4) is 0 Å². The van der Waals surface area contributed by atoms with Gasteiger partial charge in [-0.1, -0.05) is 68.4 Å². The van der Waals surface area contributed by atoms with Crippen LogP contribution < -0.4 is 0 Å². The molecule has 1 nitrogen and oxygen atoms in total. The molecule has 1 aliphatic rings. The smallest absolute Gasteiger partial charge is 0.142 e. The van der Waals surface area contributed by atoms with Crippen molar-refractivity contribution in [3.63, 3.8) is 0 Å². The lowest BCUT2D eigenvalue weighted by Crippen LogP contribution is -2.04. The number of nitriles is 1. The van der Waals surface area contributed by atoms with E-state index in [1.165, 1.54) is 55.4 Å². The lowest BCUT2D eigenvalue weighted by Gasteiger charge is -2.20. The van der Waals surface area contributed by atoms with Crippen molar-refractivity contribution in [3.8, 4) is 17.9 Å². The predicted octanol–water partition coefficient (Wildman–Crippen LogP) is 7.07. The van der Waals surface area contributed by atoms with E-state index in [9.17, 15) is 4.39 Å². The molecule has 148 valence electrons. The van der Waals surface area contributed by atoms with Gasteiger partial charge >= 0.3 is 0 Å². The highest BCUT2D eigenvalue weighted by atomic mass is 19.1. The van der Waals surface area contributed by atoms with Crippen LogP contribution in [0.1, 0.15) is 80.0 Å². The summed E-state index contributed by atoms with van der Waals surface area (Å²) < 4.78 is 13.7. The highest BCUT2D eigenvalue weighted by Gasteiger charge is 2.15. The van der Waals surface area contributed by atoms with Crippen molar-refractivity contribution in [1.29, 1.82) is 5.26 Å². The summed E-state index contributed by atoms with van der Waals surface area (Å²) in [6.07, 6.45) is 11.7. The first kappa shape index (κ1) is 20.9. The van der Waals surface area contributed by atoms with Crippen molar-refractivity contribution in [2.24, 2.45) is 0 Å². The molecule has 0 amide bonds. The number of hydrogen-bond acceptors (Lipinski definition) is 1. The quantitative estimate of drug-likeness (QED) is 0.385. The predicted molar refractivity (Wildman–Crippen MR) is 117 cm³/mol. The Bertz CT molecular complexity index is 951. The second kappa shape index (κ2) is 10.6. The lowest BCUT2D eigenvalue weighted by atomic mass is 9.84. The zero-order valence-electron chi connectivity index (χ0n) is 17.2. The Kier molecular flexibility index (Phi) is 7.66. The summed E-state index contributed by atoms with van der Waals surface area (Å²) in [7, 11) is 0. The fourth-order valence-corrected chi connectivity index (χ4v) is 3.80. The second-order valence-electron chi connectivity index (χ2n) is 7.81. The molecular weight excluding hydrogens is 357 g/mol. The van der Waals surface area contributed by atoms with Gasteiger partial charge in [-0.2, -0.15) is 5.26 Å². The molecule has 0 saturated carbocycles. The van der Waals surface area contributed by atoms with Gasteiger partial charge in [0, 0.05) is 5.56 Å². The molecule has 29 heavy (non-hydrogen) atoms. The Hall–Kier alpha value is -2.84. The normalized spacial score (nSPS) is 15.8. The first-order chi connectivity index (χ1) is 14.2. The average molecular weight is 386 g/mol. The largest absolute Gasteiger partial charge is 0.206 e. The minimum Gasteiger partial charge on any atom is -0.206 e. The maximum atomic E-state index is 13.7. The third-order valence-electron chi connectivity index (χ3n) is 5.64. The molecule has 1 aliphatic carbocycles. The van der Waals surface area contributed by atoms with Crippen molar-refractivity contribution in [3.05, 3.63) is 82.2 Å². The Labute approximate surface area is 174 Å². The zero-order chi connectivity index (χ0) is 20.5. The molecule has 0 fully saturated rings. The number of rotatable bonds is 6. The Balaban J connectivity index is 1.55. The third-order valence-corrected chi connectivity index (χ3v) is 5.64. The molecule has 0 N–H and O–H groups in total. The number of allylic oxidation sites excluding steroid dienone is 2. The molecule has 1 atom stereocenters. The van der Waals surface area contributed by atoms with E-state index in [-0.39, 0.29) is 5.56 Å². The molecule has 0 saturated heterocycles. The molecule has 0 spiro atoms. The Morgan fingerprint density at radius 3 is 2.52 bits per heavy atom. The number of benzene rings is 2. The van der Waals surface area contributed by atoms with Gasteiger partial charge in [-0.25, -0.2) is 4.39 Å². The number of unbranched alkanes of at least 4 members (excludes halogenated alkanes) is 3. The van der Waals surface area contributed by atoms with Gasteiger partial charge in [0.25, 0.3) is 0 Å². The molecule has 0 aromatic heterocycles. The summed E-state index contributed by atoms with van der Waals surface area (Å²) in [6.45, 7) is 2.25. The number of hydrogen-bond donors (Lipinski definition) is 0. The first-order valence-electron chi connectivity index (χ1n) is 10.7. The molecule has 2 aromatic carbocycles. The van der Waals surface area contributed by atoms with E-state index in [4.69, 9.17) is 5.26 Å². The van der Waals surface area contributed by atoms with E-state index in [0.717, 1.165) is 24.8 Å². The lowest BCUT2D eigenvalue weighted by molar-refractivity contribution is 0.607. The van der Waals surface area contributed by atoms with Crippen LogP contribution in [-0.2, 0) is 6.42 Å². The summed E-state index contributed by atoms with van der Waals surface area (Å²) in [5, 5.41) is 8.80. The van der Waals surface area contributed by atoms with Gasteiger partial charge in [0.05, 0.1) is 5.56 Å². The number of nitrogens with zero attached hydrogens (tertiary/aromatic N) is 1. The van der Waals surface area contributed by atoms with E-state index < -0.39 is 5.82 Å². The van der Waals surface area contributed by atoms with Crippen LogP contribution in [0.2, 0.25) is 0 Å². The first-order valence-corrected chi connectivity index (χ1v) is 10.7. The van der Waals surface area contributed by atoms with Crippen molar-refractivity contribution in [1.82, 2.24) is 0 Å². The third kappa shape index (κ3) is 6.07. The second-order valence-corrected chi connectivity index (χ2v) is 7.81.